The largest absolute Gasteiger partial charge is 0.396 e. The number of halogens is 1. The van der Waals surface area contributed by atoms with Gasteiger partial charge in [-0.3, -0.25) is 9.20 Å². The molecule has 5 heterocycles. The molecule has 0 radical (unpaired) electrons. The molecule has 2 aliphatic heterocycles. The zero-order valence-corrected chi connectivity index (χ0v) is 24.9. The molecular formula is C30H35FN8O2S. The molecule has 0 unspecified atom stereocenters. The van der Waals surface area contributed by atoms with E-state index in [1.165, 1.54) is 23.5 Å². The molecule has 42 heavy (non-hydrogen) atoms. The van der Waals surface area contributed by atoms with E-state index >= 15 is 0 Å². The van der Waals surface area contributed by atoms with Crippen molar-refractivity contribution < 1.29 is 14.3 Å². The predicted octanol–water partition coefficient (Wildman–Crippen LogP) is 3.67. The van der Waals surface area contributed by atoms with Gasteiger partial charge in [0.2, 0.25) is 5.91 Å². The lowest BCUT2D eigenvalue weighted by Gasteiger charge is -2.37. The molecule has 2 saturated heterocycles. The molecule has 2 aliphatic rings. The molecule has 0 aliphatic carbocycles. The number of rotatable bonds is 6. The van der Waals surface area contributed by atoms with Crippen LogP contribution in [0.2, 0.25) is 0 Å². The van der Waals surface area contributed by atoms with E-state index in [2.05, 4.69) is 45.9 Å². The van der Waals surface area contributed by atoms with Crippen LogP contribution in [-0.4, -0.2) is 83.2 Å². The van der Waals surface area contributed by atoms with Crippen molar-refractivity contribution in [2.24, 2.45) is 5.92 Å². The number of amides is 1. The molecule has 0 saturated carbocycles. The second kappa shape index (κ2) is 12.9. The van der Waals surface area contributed by atoms with E-state index in [1.807, 2.05) is 11.9 Å². The number of benzene rings is 1. The number of nitrogens with one attached hydrogen (secondary N) is 1. The van der Waals surface area contributed by atoms with Gasteiger partial charge in [-0.05, 0) is 42.8 Å². The summed E-state index contributed by atoms with van der Waals surface area (Å²) in [6, 6.07) is 12.5. The summed E-state index contributed by atoms with van der Waals surface area (Å²) < 4.78 is 15.5. The molecule has 2 fully saturated rings. The third-order valence-corrected chi connectivity index (χ3v) is 8.60. The number of hydrogen-bond acceptors (Lipinski definition) is 9. The minimum absolute atomic E-state index is 0.111. The molecule has 0 spiro atoms. The first-order valence-corrected chi connectivity index (χ1v) is 14.9. The van der Waals surface area contributed by atoms with Crippen LogP contribution in [0.1, 0.15) is 24.4 Å². The van der Waals surface area contributed by atoms with Crippen molar-refractivity contribution in [3.8, 4) is 17.3 Å². The van der Waals surface area contributed by atoms with Gasteiger partial charge in [-0.15, -0.1) is 0 Å². The van der Waals surface area contributed by atoms with Crippen LogP contribution < -0.4 is 15.1 Å². The number of aliphatic hydroxyl groups excluding tert-OH is 1. The van der Waals surface area contributed by atoms with Crippen molar-refractivity contribution in [1.29, 1.82) is 5.26 Å². The third-order valence-electron chi connectivity index (χ3n) is 7.56. The molecule has 220 valence electrons. The lowest BCUT2D eigenvalue weighted by atomic mass is 10.0. The van der Waals surface area contributed by atoms with E-state index in [9.17, 15) is 14.4 Å². The van der Waals surface area contributed by atoms with Gasteiger partial charge in [-0.25, -0.2) is 14.4 Å². The van der Waals surface area contributed by atoms with Crippen molar-refractivity contribution in [2.75, 3.05) is 62.7 Å². The number of carbonyl (C=O) groups is 1. The number of nitriles is 1. The Labute approximate surface area is 248 Å². The fourth-order valence-electron chi connectivity index (χ4n) is 5.14. The molecule has 6 rings (SSSR count). The Kier molecular flexibility index (Phi) is 9.01. The van der Waals surface area contributed by atoms with E-state index in [0.717, 1.165) is 74.1 Å². The average molecular weight is 591 g/mol. The van der Waals surface area contributed by atoms with Gasteiger partial charge in [0.25, 0.3) is 0 Å². The molecule has 3 aromatic heterocycles. The van der Waals surface area contributed by atoms with Gasteiger partial charge in [-0.1, -0.05) is 18.3 Å². The average Bonchev–Trinajstić information content (AvgIpc) is 3.59. The number of fused-ring (bicyclic) bond motifs is 1. The topological polar surface area (TPSA) is 113 Å². The maximum absolute atomic E-state index is 13.4. The van der Waals surface area contributed by atoms with Gasteiger partial charge in [0.1, 0.15) is 33.9 Å². The summed E-state index contributed by atoms with van der Waals surface area (Å²) in [7, 11) is 1.95. The monoisotopic (exact) mass is 590 g/mol. The van der Waals surface area contributed by atoms with Crippen LogP contribution in [0.15, 0.2) is 42.6 Å². The molecular weight excluding hydrogens is 555 g/mol. The van der Waals surface area contributed by atoms with Crippen LogP contribution in [-0.2, 0) is 11.2 Å². The Hall–Kier alpha value is -4.05. The number of aliphatic hydroxyl groups is 1. The summed E-state index contributed by atoms with van der Waals surface area (Å²) in [6.45, 7) is 9.20. The first-order chi connectivity index (χ1) is 20.3. The maximum atomic E-state index is 13.4. The van der Waals surface area contributed by atoms with Crippen molar-refractivity contribution in [3.05, 3.63) is 59.0 Å². The van der Waals surface area contributed by atoms with Gasteiger partial charge in [0.15, 0.2) is 5.13 Å². The number of nitrogens with zero attached hydrogens (tertiary/aromatic N) is 7. The Morgan fingerprint density at radius 3 is 2.52 bits per heavy atom. The van der Waals surface area contributed by atoms with Crippen molar-refractivity contribution in [2.45, 2.75) is 20.3 Å². The third kappa shape index (κ3) is 6.09. The minimum Gasteiger partial charge on any atom is -0.396 e. The van der Waals surface area contributed by atoms with E-state index in [4.69, 9.17) is 15.1 Å². The summed E-state index contributed by atoms with van der Waals surface area (Å²) in [4.78, 5) is 26.7. The molecule has 0 bridgehead atoms. The van der Waals surface area contributed by atoms with Crippen molar-refractivity contribution in [3.63, 3.8) is 0 Å². The number of pyridine rings is 1. The van der Waals surface area contributed by atoms with E-state index in [-0.39, 0.29) is 18.3 Å². The second-order valence-corrected chi connectivity index (χ2v) is 11.4. The summed E-state index contributed by atoms with van der Waals surface area (Å²) in [5.41, 5.74) is 4.29. The standard InChI is InChI=1S/C24H24FN7S.C6H11NO2/c1-3-19-23(32-15-18(8-9-21(32)28-19)31-12-10-27-11-13-31)30(2)24-29-22(20(14-26)33-24)16-4-6-17(25)7-5-16;1-5(9)7-2-6(3-7)4-8/h4-9,15,27H,3,10-13H2,1-2H3;6,8H,2-4H2,1H3. The molecule has 2 N–H and O–H groups in total. The highest BCUT2D eigenvalue weighted by atomic mass is 32.1. The molecule has 0 atom stereocenters. The highest BCUT2D eigenvalue weighted by Gasteiger charge is 2.27. The van der Waals surface area contributed by atoms with Gasteiger partial charge < -0.3 is 25.1 Å². The summed E-state index contributed by atoms with van der Waals surface area (Å²) in [5, 5.41) is 22.3. The SMILES string of the molecule is CC(=O)N1CC(CO)C1.CCc1nc2ccc(N3CCNCC3)cn2c1N(C)c1nc(-c2ccc(F)cc2)c(C#N)s1. The Bertz CT molecular complexity index is 1580. The summed E-state index contributed by atoms with van der Waals surface area (Å²) >= 11 is 1.33. The van der Waals surface area contributed by atoms with Crippen LogP contribution >= 0.6 is 11.3 Å². The van der Waals surface area contributed by atoms with Crippen LogP contribution in [0.4, 0.5) is 21.0 Å². The molecule has 10 nitrogen and oxygen atoms in total. The number of thiazole rings is 1. The number of carbonyl (C=O) groups excluding carboxylic acids is 1. The van der Waals surface area contributed by atoms with Gasteiger partial charge in [-0.2, -0.15) is 5.26 Å². The normalized spacial score (nSPS) is 15.1. The highest BCUT2D eigenvalue weighted by Crippen LogP contribution is 2.37. The minimum atomic E-state index is -0.316. The number of likely N-dealkylation sites (tertiary alicyclic amines) is 1. The Morgan fingerprint density at radius 2 is 1.90 bits per heavy atom. The molecule has 12 heteroatoms. The fourth-order valence-corrected chi connectivity index (χ4v) is 5.99. The first kappa shape index (κ1) is 29.4. The van der Waals surface area contributed by atoms with E-state index < -0.39 is 0 Å². The van der Waals surface area contributed by atoms with Crippen LogP contribution in [0.5, 0.6) is 0 Å². The number of imidazole rings is 1. The quantitative estimate of drug-likeness (QED) is 0.350. The molecule has 1 aromatic carbocycles. The molecule has 1 amide bonds. The van der Waals surface area contributed by atoms with Crippen LogP contribution in [0, 0.1) is 23.1 Å². The second-order valence-electron chi connectivity index (χ2n) is 10.4. The van der Waals surface area contributed by atoms with Crippen LogP contribution in [0.3, 0.4) is 0 Å². The van der Waals surface area contributed by atoms with Crippen LogP contribution in [0.25, 0.3) is 16.9 Å². The van der Waals surface area contributed by atoms with Gasteiger partial charge in [0.05, 0.1) is 11.4 Å². The summed E-state index contributed by atoms with van der Waals surface area (Å²) in [5.74, 6) is 1.07. The van der Waals surface area contributed by atoms with Crippen molar-refractivity contribution in [1.82, 2.24) is 24.6 Å². The predicted molar refractivity (Wildman–Crippen MR) is 163 cm³/mol. The number of hydrogen-bond donors (Lipinski definition) is 2. The fraction of sp³-hybridized carbons (Fsp3) is 0.400. The zero-order chi connectivity index (χ0) is 29.8. The number of aromatic nitrogens is 3. The Morgan fingerprint density at radius 1 is 1.19 bits per heavy atom. The van der Waals surface area contributed by atoms with Gasteiger partial charge in [0, 0.05) is 77.5 Å². The van der Waals surface area contributed by atoms with Gasteiger partial charge >= 0.3 is 0 Å². The number of aryl methyl sites for hydroxylation is 1. The lowest BCUT2D eigenvalue weighted by molar-refractivity contribution is -0.135. The Balaban J connectivity index is 0.000000336. The zero-order valence-electron chi connectivity index (χ0n) is 24.0. The van der Waals surface area contributed by atoms with Crippen molar-refractivity contribution >= 4 is 39.5 Å². The summed E-state index contributed by atoms with van der Waals surface area (Å²) in [6.07, 6.45) is 2.91. The molecule has 4 aromatic rings. The smallest absolute Gasteiger partial charge is 0.219 e. The number of anilines is 3. The lowest BCUT2D eigenvalue weighted by Crippen LogP contribution is -2.50. The number of piperazine rings is 1. The van der Waals surface area contributed by atoms with E-state index in [0.29, 0.717) is 21.6 Å². The van der Waals surface area contributed by atoms with E-state index in [1.54, 1.807) is 24.0 Å². The maximum Gasteiger partial charge on any atom is 0.219 e. The first-order valence-electron chi connectivity index (χ1n) is 14.1. The highest BCUT2D eigenvalue weighted by molar-refractivity contribution is 7.16.